The van der Waals surface area contributed by atoms with Crippen molar-refractivity contribution in [3.63, 3.8) is 0 Å². The summed E-state index contributed by atoms with van der Waals surface area (Å²) < 4.78 is 2.33. The maximum absolute atomic E-state index is 9.78. The van der Waals surface area contributed by atoms with E-state index < -0.39 is 0 Å². The number of fused-ring (bicyclic) bond motifs is 3. The minimum absolute atomic E-state index is 0.419. The Morgan fingerprint density at radius 2 is 0.843 bits per heavy atom. The first-order valence-corrected chi connectivity index (χ1v) is 16.3. The Morgan fingerprint density at radius 1 is 0.431 bits per heavy atom. The van der Waals surface area contributed by atoms with Gasteiger partial charge in [-0.2, -0.15) is 10.5 Å². The number of para-hydroxylation sites is 3. The molecular formula is C46H25N5. The van der Waals surface area contributed by atoms with Crippen molar-refractivity contribution in [2.24, 2.45) is 0 Å². The van der Waals surface area contributed by atoms with Gasteiger partial charge < -0.3 is 4.57 Å². The van der Waals surface area contributed by atoms with Gasteiger partial charge in [-0.05, 0) is 81.9 Å². The summed E-state index contributed by atoms with van der Waals surface area (Å²) >= 11 is 0. The minimum Gasteiger partial charge on any atom is -0.308 e. The highest BCUT2D eigenvalue weighted by molar-refractivity contribution is 6.18. The van der Waals surface area contributed by atoms with Crippen molar-refractivity contribution in [1.82, 2.24) is 4.57 Å². The predicted molar refractivity (Wildman–Crippen MR) is 204 cm³/mol. The molecular weight excluding hydrogens is 623 g/mol. The number of rotatable bonds is 5. The van der Waals surface area contributed by atoms with Crippen molar-refractivity contribution in [2.45, 2.75) is 0 Å². The van der Waals surface area contributed by atoms with Crippen LogP contribution < -0.4 is 0 Å². The van der Waals surface area contributed by atoms with Crippen molar-refractivity contribution in [3.8, 4) is 62.3 Å². The van der Waals surface area contributed by atoms with E-state index in [1.54, 1.807) is 12.1 Å². The lowest BCUT2D eigenvalue weighted by molar-refractivity contribution is 1.18. The van der Waals surface area contributed by atoms with E-state index in [0.29, 0.717) is 22.5 Å². The van der Waals surface area contributed by atoms with Crippen LogP contribution in [0.15, 0.2) is 152 Å². The van der Waals surface area contributed by atoms with E-state index in [1.165, 1.54) is 0 Å². The molecule has 7 aromatic carbocycles. The molecule has 1 aromatic heterocycles. The first kappa shape index (κ1) is 30.6. The molecule has 0 atom stereocenters. The van der Waals surface area contributed by atoms with Crippen molar-refractivity contribution >= 4 is 33.2 Å². The lowest BCUT2D eigenvalue weighted by Crippen LogP contribution is -1.98. The number of aromatic nitrogens is 1. The monoisotopic (exact) mass is 647 g/mol. The Labute approximate surface area is 295 Å². The summed E-state index contributed by atoms with van der Waals surface area (Å²) in [7, 11) is 0. The second kappa shape index (κ2) is 12.7. The SMILES string of the molecule is [C-]#[N+]c1cc(C#N)cc(-c2ccccc2-c2cccc3c4cccc(-c5ccccc5-c5cc(C#N)cc([N+]#[C-])c5)c4n(-c4ccccc4)c23)c1. The van der Waals surface area contributed by atoms with Gasteiger partial charge in [-0.25, -0.2) is 9.69 Å². The van der Waals surface area contributed by atoms with Gasteiger partial charge in [0.1, 0.15) is 0 Å². The van der Waals surface area contributed by atoms with E-state index >= 15 is 0 Å². The van der Waals surface area contributed by atoms with Gasteiger partial charge in [0.15, 0.2) is 11.4 Å². The summed E-state index contributed by atoms with van der Waals surface area (Å²) in [6, 6.07) is 54.4. The Hall–Kier alpha value is -7.70. The third kappa shape index (κ3) is 5.26. The fourth-order valence-electron chi connectivity index (χ4n) is 7.12. The summed E-state index contributed by atoms with van der Waals surface area (Å²) in [6.45, 7) is 15.3. The molecule has 5 nitrogen and oxygen atoms in total. The van der Waals surface area contributed by atoms with Crippen LogP contribution in [0.25, 0.3) is 81.7 Å². The number of nitrogens with zero attached hydrogens (tertiary/aromatic N) is 5. The Balaban J connectivity index is 1.47. The molecule has 0 fully saturated rings. The van der Waals surface area contributed by atoms with E-state index in [2.05, 4.69) is 87.1 Å². The second-order valence-corrected chi connectivity index (χ2v) is 12.1. The van der Waals surface area contributed by atoms with Crippen LogP contribution in [0.4, 0.5) is 11.4 Å². The Bertz CT molecular complexity index is 2610. The molecule has 0 N–H and O–H groups in total. The van der Waals surface area contributed by atoms with Gasteiger partial charge in [0.25, 0.3) is 0 Å². The van der Waals surface area contributed by atoms with Crippen molar-refractivity contribution in [2.75, 3.05) is 0 Å². The summed E-state index contributed by atoms with van der Waals surface area (Å²) in [5.74, 6) is 0. The van der Waals surface area contributed by atoms with Crippen LogP contribution >= 0.6 is 0 Å². The first-order valence-electron chi connectivity index (χ1n) is 16.3. The number of benzene rings is 7. The molecule has 5 heteroatoms. The molecule has 8 aromatic rings. The van der Waals surface area contributed by atoms with Gasteiger partial charge in [0, 0.05) is 38.7 Å². The lowest BCUT2D eigenvalue weighted by Gasteiger charge is -2.17. The third-order valence-corrected chi connectivity index (χ3v) is 9.23. The molecule has 0 radical (unpaired) electrons. The van der Waals surface area contributed by atoms with Gasteiger partial charge in [0.05, 0.1) is 36.3 Å². The fourth-order valence-corrected chi connectivity index (χ4v) is 7.12. The average molecular weight is 648 g/mol. The zero-order valence-electron chi connectivity index (χ0n) is 27.2. The van der Waals surface area contributed by atoms with Crippen molar-refractivity contribution < 1.29 is 0 Å². The summed E-state index contributed by atoms with van der Waals surface area (Å²) in [5, 5.41) is 21.7. The fraction of sp³-hybridized carbons (Fsp3) is 0. The highest BCUT2D eigenvalue weighted by atomic mass is 15.0. The van der Waals surface area contributed by atoms with E-state index in [4.69, 9.17) is 13.1 Å². The Morgan fingerprint density at radius 3 is 1.27 bits per heavy atom. The van der Waals surface area contributed by atoms with Gasteiger partial charge in [-0.1, -0.05) is 103 Å². The molecule has 234 valence electrons. The van der Waals surface area contributed by atoms with Crippen LogP contribution in [-0.2, 0) is 0 Å². The molecule has 8 rings (SSSR count). The van der Waals surface area contributed by atoms with Crippen LogP contribution in [0.1, 0.15) is 11.1 Å². The molecule has 1 heterocycles. The summed E-state index contributed by atoms with van der Waals surface area (Å²) in [6.07, 6.45) is 0. The van der Waals surface area contributed by atoms with Gasteiger partial charge in [-0.3, -0.25) is 0 Å². The zero-order valence-corrected chi connectivity index (χ0v) is 27.2. The summed E-state index contributed by atoms with van der Waals surface area (Å²) in [5.41, 5.74) is 12.2. The molecule has 0 bridgehead atoms. The van der Waals surface area contributed by atoms with Crippen LogP contribution in [0, 0.1) is 35.8 Å². The van der Waals surface area contributed by atoms with Crippen LogP contribution in [0.3, 0.4) is 0 Å². The molecule has 0 amide bonds. The van der Waals surface area contributed by atoms with Crippen LogP contribution in [0.2, 0.25) is 0 Å². The number of nitriles is 2. The topological polar surface area (TPSA) is 61.2 Å². The first-order chi connectivity index (χ1) is 25.1. The minimum atomic E-state index is 0.419. The predicted octanol–water partition coefficient (Wildman–Crippen LogP) is 12.3. The second-order valence-electron chi connectivity index (χ2n) is 12.1. The Kier molecular flexibility index (Phi) is 7.64. The lowest BCUT2D eigenvalue weighted by atomic mass is 9.91. The van der Waals surface area contributed by atoms with E-state index in [-0.39, 0.29) is 0 Å². The maximum Gasteiger partial charge on any atom is 0.189 e. The van der Waals surface area contributed by atoms with Crippen molar-refractivity contribution in [1.29, 1.82) is 10.5 Å². The van der Waals surface area contributed by atoms with E-state index in [0.717, 1.165) is 72.0 Å². The molecule has 51 heavy (non-hydrogen) atoms. The molecule has 0 spiro atoms. The normalized spacial score (nSPS) is 10.7. The van der Waals surface area contributed by atoms with Gasteiger partial charge in [0.2, 0.25) is 0 Å². The van der Waals surface area contributed by atoms with E-state index in [1.807, 2.05) is 78.9 Å². The molecule has 0 aliphatic carbocycles. The molecule has 0 saturated carbocycles. The maximum atomic E-state index is 9.78. The largest absolute Gasteiger partial charge is 0.308 e. The van der Waals surface area contributed by atoms with Crippen molar-refractivity contribution in [3.05, 3.63) is 186 Å². The van der Waals surface area contributed by atoms with Crippen LogP contribution in [-0.4, -0.2) is 4.57 Å². The highest BCUT2D eigenvalue weighted by Crippen LogP contribution is 2.45. The summed E-state index contributed by atoms with van der Waals surface area (Å²) in [4.78, 5) is 7.30. The van der Waals surface area contributed by atoms with Gasteiger partial charge in [-0.15, -0.1) is 0 Å². The van der Waals surface area contributed by atoms with E-state index in [9.17, 15) is 10.5 Å². The number of hydrogen-bond donors (Lipinski definition) is 0. The molecule has 0 aliphatic heterocycles. The molecule has 0 aliphatic rings. The molecule has 0 unspecified atom stereocenters. The molecule has 0 saturated heterocycles. The van der Waals surface area contributed by atoms with Gasteiger partial charge >= 0.3 is 0 Å². The van der Waals surface area contributed by atoms with Crippen LogP contribution in [0.5, 0.6) is 0 Å². The highest BCUT2D eigenvalue weighted by Gasteiger charge is 2.22. The quantitative estimate of drug-likeness (QED) is 0.175. The number of hydrogen-bond acceptors (Lipinski definition) is 2. The zero-order chi connectivity index (χ0) is 34.9. The third-order valence-electron chi connectivity index (χ3n) is 9.23. The smallest absolute Gasteiger partial charge is 0.189 e. The standard InChI is InChI=1S/C46H25N5/c1-49-34-24-30(28-47)22-32(26-34)37-14-6-8-16-39(37)41-18-10-20-43-44-21-11-19-42(46(44)51(45(41)43)36-12-4-3-5-13-36)40-17-9-7-15-38(40)33-23-31(29-48)25-35(27-33)50-2/h3-27H. The average Bonchev–Trinajstić information content (AvgIpc) is 3.55.